The molecule has 0 aromatic heterocycles. The van der Waals surface area contributed by atoms with Crippen molar-refractivity contribution in [3.8, 4) is 0 Å². The van der Waals surface area contributed by atoms with Crippen LogP contribution in [0.3, 0.4) is 0 Å². The molecule has 1 aliphatic heterocycles. The third-order valence-corrected chi connectivity index (χ3v) is 3.29. The van der Waals surface area contributed by atoms with Gasteiger partial charge in [0.1, 0.15) is 5.82 Å². The first-order valence-electron chi connectivity index (χ1n) is 7.07. The molecule has 0 bridgehead atoms. The minimum atomic E-state index is -0.594. The van der Waals surface area contributed by atoms with Crippen LogP contribution in [0.5, 0.6) is 0 Å². The first kappa shape index (κ1) is 15.4. The van der Waals surface area contributed by atoms with E-state index in [4.69, 9.17) is 9.47 Å². The SMILES string of the molecule is OC(CNCc1ccccc1F)COCC1CCCO1. The minimum absolute atomic E-state index is 0.175. The highest BCUT2D eigenvalue weighted by atomic mass is 19.1. The quantitative estimate of drug-likeness (QED) is 0.758. The Labute approximate surface area is 118 Å². The number of halogens is 1. The molecule has 2 atom stereocenters. The summed E-state index contributed by atoms with van der Waals surface area (Å²) in [7, 11) is 0. The number of hydrogen-bond acceptors (Lipinski definition) is 4. The van der Waals surface area contributed by atoms with E-state index in [2.05, 4.69) is 5.32 Å². The highest BCUT2D eigenvalue weighted by Gasteiger charge is 2.16. The Morgan fingerprint density at radius 2 is 2.30 bits per heavy atom. The number of aliphatic hydroxyl groups is 1. The second-order valence-electron chi connectivity index (χ2n) is 5.05. The molecule has 5 heteroatoms. The van der Waals surface area contributed by atoms with Crippen molar-refractivity contribution >= 4 is 0 Å². The van der Waals surface area contributed by atoms with Gasteiger partial charge in [0, 0.05) is 25.3 Å². The van der Waals surface area contributed by atoms with Crippen LogP contribution in [0.4, 0.5) is 4.39 Å². The maximum Gasteiger partial charge on any atom is 0.127 e. The second-order valence-corrected chi connectivity index (χ2v) is 5.05. The molecule has 4 nitrogen and oxygen atoms in total. The van der Waals surface area contributed by atoms with Crippen molar-refractivity contribution in [2.24, 2.45) is 0 Å². The van der Waals surface area contributed by atoms with Crippen LogP contribution in [0.15, 0.2) is 24.3 Å². The molecule has 1 aliphatic rings. The van der Waals surface area contributed by atoms with Crippen molar-refractivity contribution in [2.75, 3.05) is 26.4 Å². The summed E-state index contributed by atoms with van der Waals surface area (Å²) in [5, 5.41) is 12.8. The molecule has 1 aromatic carbocycles. The van der Waals surface area contributed by atoms with Crippen molar-refractivity contribution in [3.05, 3.63) is 35.6 Å². The summed E-state index contributed by atoms with van der Waals surface area (Å²) in [4.78, 5) is 0. The molecule has 0 aliphatic carbocycles. The molecule has 1 saturated heterocycles. The number of hydrogen-bond donors (Lipinski definition) is 2. The summed E-state index contributed by atoms with van der Waals surface area (Å²) in [6.45, 7) is 2.38. The summed E-state index contributed by atoms with van der Waals surface area (Å²) < 4.78 is 24.2. The lowest BCUT2D eigenvalue weighted by Gasteiger charge is -2.14. The van der Waals surface area contributed by atoms with Crippen LogP contribution in [-0.2, 0) is 16.0 Å². The van der Waals surface area contributed by atoms with Crippen molar-refractivity contribution in [1.29, 1.82) is 0 Å². The number of nitrogens with one attached hydrogen (secondary N) is 1. The molecular formula is C15H22FNO3. The van der Waals surface area contributed by atoms with E-state index in [0.717, 1.165) is 19.4 Å². The summed E-state index contributed by atoms with van der Waals surface area (Å²) in [5.41, 5.74) is 0.597. The molecule has 2 N–H and O–H groups in total. The number of rotatable bonds is 8. The van der Waals surface area contributed by atoms with E-state index in [1.54, 1.807) is 18.2 Å². The highest BCUT2D eigenvalue weighted by molar-refractivity contribution is 5.16. The Bertz CT molecular complexity index is 396. The second kappa shape index (κ2) is 8.32. The number of aliphatic hydroxyl groups excluding tert-OH is 1. The van der Waals surface area contributed by atoms with Gasteiger partial charge in [-0.1, -0.05) is 18.2 Å². The van der Waals surface area contributed by atoms with Crippen LogP contribution in [0.2, 0.25) is 0 Å². The molecule has 2 rings (SSSR count). The Balaban J connectivity index is 1.55. The van der Waals surface area contributed by atoms with Crippen LogP contribution < -0.4 is 5.32 Å². The zero-order chi connectivity index (χ0) is 14.2. The minimum Gasteiger partial charge on any atom is -0.389 e. The molecule has 112 valence electrons. The van der Waals surface area contributed by atoms with Crippen molar-refractivity contribution in [2.45, 2.75) is 31.6 Å². The van der Waals surface area contributed by atoms with Gasteiger partial charge in [-0.05, 0) is 18.9 Å². The van der Waals surface area contributed by atoms with E-state index in [9.17, 15) is 9.50 Å². The van der Waals surface area contributed by atoms with E-state index < -0.39 is 6.10 Å². The lowest BCUT2D eigenvalue weighted by atomic mass is 10.2. The van der Waals surface area contributed by atoms with Crippen LogP contribution in [0.1, 0.15) is 18.4 Å². The standard InChI is InChI=1S/C15H22FNO3/c16-15-6-2-1-4-12(15)8-17-9-13(18)10-19-11-14-5-3-7-20-14/h1-2,4,6,13-14,17-18H,3,5,7-11H2. The van der Waals surface area contributed by atoms with Gasteiger partial charge in [-0.15, -0.1) is 0 Å². The summed E-state index contributed by atoms with van der Waals surface area (Å²) in [6, 6.07) is 6.61. The van der Waals surface area contributed by atoms with Gasteiger partial charge >= 0.3 is 0 Å². The lowest BCUT2D eigenvalue weighted by molar-refractivity contribution is -0.0164. The third-order valence-electron chi connectivity index (χ3n) is 3.29. The average molecular weight is 283 g/mol. The van der Waals surface area contributed by atoms with Crippen LogP contribution >= 0.6 is 0 Å². The molecule has 20 heavy (non-hydrogen) atoms. The zero-order valence-electron chi connectivity index (χ0n) is 11.6. The predicted molar refractivity (Wildman–Crippen MR) is 73.9 cm³/mol. The Hall–Kier alpha value is -1.01. The number of ether oxygens (including phenoxy) is 2. The maximum absolute atomic E-state index is 13.3. The van der Waals surface area contributed by atoms with Crippen molar-refractivity contribution < 1.29 is 19.0 Å². The third kappa shape index (κ3) is 5.17. The van der Waals surface area contributed by atoms with Gasteiger partial charge in [-0.25, -0.2) is 4.39 Å². The van der Waals surface area contributed by atoms with Crippen molar-refractivity contribution in [1.82, 2.24) is 5.32 Å². The monoisotopic (exact) mass is 283 g/mol. The summed E-state index contributed by atoms with van der Waals surface area (Å²) >= 11 is 0. The topological polar surface area (TPSA) is 50.7 Å². The van der Waals surface area contributed by atoms with Gasteiger partial charge in [0.2, 0.25) is 0 Å². The fraction of sp³-hybridized carbons (Fsp3) is 0.600. The predicted octanol–water partition coefficient (Wildman–Crippen LogP) is 1.47. The van der Waals surface area contributed by atoms with Gasteiger partial charge in [-0.3, -0.25) is 0 Å². The molecule has 0 radical (unpaired) electrons. The molecule has 1 aromatic rings. The average Bonchev–Trinajstić information content (AvgIpc) is 2.94. The van der Waals surface area contributed by atoms with Gasteiger partial charge in [0.15, 0.2) is 0 Å². The Kier molecular flexibility index (Phi) is 6.39. The molecular weight excluding hydrogens is 261 g/mol. The van der Waals surface area contributed by atoms with Gasteiger partial charge in [-0.2, -0.15) is 0 Å². The molecule has 0 amide bonds. The zero-order valence-corrected chi connectivity index (χ0v) is 11.6. The maximum atomic E-state index is 13.3. The Morgan fingerprint density at radius 3 is 3.05 bits per heavy atom. The Morgan fingerprint density at radius 1 is 1.45 bits per heavy atom. The van der Waals surface area contributed by atoms with Crippen LogP contribution in [0, 0.1) is 5.82 Å². The van der Waals surface area contributed by atoms with E-state index in [0.29, 0.717) is 25.3 Å². The normalized spacial score (nSPS) is 20.2. The molecule has 0 saturated carbocycles. The molecule has 1 fully saturated rings. The molecule has 0 spiro atoms. The van der Waals surface area contributed by atoms with Gasteiger partial charge < -0.3 is 19.9 Å². The smallest absolute Gasteiger partial charge is 0.127 e. The van der Waals surface area contributed by atoms with E-state index in [1.165, 1.54) is 6.07 Å². The molecule has 1 heterocycles. The fourth-order valence-corrected chi connectivity index (χ4v) is 2.19. The fourth-order valence-electron chi connectivity index (χ4n) is 2.19. The van der Waals surface area contributed by atoms with Gasteiger partial charge in [0.25, 0.3) is 0 Å². The van der Waals surface area contributed by atoms with E-state index in [1.807, 2.05) is 0 Å². The van der Waals surface area contributed by atoms with E-state index >= 15 is 0 Å². The summed E-state index contributed by atoms with van der Waals surface area (Å²) in [5.74, 6) is -0.232. The van der Waals surface area contributed by atoms with Crippen molar-refractivity contribution in [3.63, 3.8) is 0 Å². The summed E-state index contributed by atoms with van der Waals surface area (Å²) in [6.07, 6.45) is 1.69. The largest absolute Gasteiger partial charge is 0.389 e. The lowest BCUT2D eigenvalue weighted by Crippen LogP contribution is -2.31. The first-order valence-corrected chi connectivity index (χ1v) is 7.07. The van der Waals surface area contributed by atoms with E-state index in [-0.39, 0.29) is 18.5 Å². The van der Waals surface area contributed by atoms with Crippen LogP contribution in [-0.4, -0.2) is 43.7 Å². The van der Waals surface area contributed by atoms with Gasteiger partial charge in [0.05, 0.1) is 25.4 Å². The highest BCUT2D eigenvalue weighted by Crippen LogP contribution is 2.11. The molecule has 2 unspecified atom stereocenters. The van der Waals surface area contributed by atoms with Crippen LogP contribution in [0.25, 0.3) is 0 Å². The number of benzene rings is 1. The first-order chi connectivity index (χ1) is 9.75.